The molecule has 0 fully saturated rings. The molecule has 0 atom stereocenters. The monoisotopic (exact) mass is 280 g/mol. The van der Waals surface area contributed by atoms with Gasteiger partial charge in [-0.15, -0.1) is 0 Å². The number of nitrogen functional groups attached to an aromatic ring is 1. The number of nitrogens with two attached hydrogens (primary N) is 2. The molecule has 19 heavy (non-hydrogen) atoms. The summed E-state index contributed by atoms with van der Waals surface area (Å²) in [6.45, 7) is 0.324. The van der Waals surface area contributed by atoms with Crippen LogP contribution < -0.4 is 16.8 Å². The second-order valence-electron chi connectivity index (χ2n) is 3.98. The lowest BCUT2D eigenvalue weighted by Gasteiger charge is -2.11. The maximum absolute atomic E-state index is 11.4. The minimum atomic E-state index is -0.606. The molecule has 7 nitrogen and oxygen atoms in total. The van der Waals surface area contributed by atoms with Gasteiger partial charge in [0.1, 0.15) is 6.33 Å². The third kappa shape index (κ3) is 2.94. The number of halogens is 1. The van der Waals surface area contributed by atoms with Crippen LogP contribution in [0.3, 0.4) is 0 Å². The van der Waals surface area contributed by atoms with Gasteiger partial charge >= 0.3 is 0 Å². The number of nitrogens with one attached hydrogen (secondary N) is 1. The van der Waals surface area contributed by atoms with Crippen molar-refractivity contribution in [2.45, 2.75) is 6.54 Å². The van der Waals surface area contributed by atoms with E-state index in [0.717, 1.165) is 0 Å². The Morgan fingerprint density at radius 2 is 2.26 bits per heavy atom. The first-order valence-electron chi connectivity index (χ1n) is 5.44. The van der Waals surface area contributed by atoms with Crippen LogP contribution in [0, 0.1) is 0 Å². The van der Waals surface area contributed by atoms with Crippen molar-refractivity contribution in [2.24, 2.45) is 12.8 Å². The minimum absolute atomic E-state index is 0.237. The summed E-state index contributed by atoms with van der Waals surface area (Å²) in [5.41, 5.74) is 12.0. The summed E-state index contributed by atoms with van der Waals surface area (Å²) in [5.74, 6) is -0.0310. The summed E-state index contributed by atoms with van der Waals surface area (Å²) in [4.78, 5) is 15.4. The molecule has 1 heterocycles. The molecule has 0 radical (unpaired) electrons. The summed E-state index contributed by atoms with van der Waals surface area (Å²) < 4.78 is 1.58. The summed E-state index contributed by atoms with van der Waals surface area (Å²) in [5, 5.41) is 7.42. The van der Waals surface area contributed by atoms with E-state index in [0.29, 0.717) is 28.8 Å². The number of rotatable bonds is 4. The SMILES string of the molecule is Cn1cnc(CNc2c(Cl)cc(N)cc2C(N)=O)n1. The van der Waals surface area contributed by atoms with Crippen molar-refractivity contribution >= 4 is 28.9 Å². The Bertz CT molecular complexity index is 624. The first-order chi connectivity index (χ1) is 8.97. The van der Waals surface area contributed by atoms with Crippen LogP contribution >= 0.6 is 11.6 Å². The molecule has 0 bridgehead atoms. The number of benzene rings is 1. The Morgan fingerprint density at radius 1 is 1.53 bits per heavy atom. The highest BCUT2D eigenvalue weighted by Gasteiger charge is 2.13. The number of anilines is 2. The second-order valence-corrected chi connectivity index (χ2v) is 4.38. The van der Waals surface area contributed by atoms with Crippen molar-refractivity contribution in [1.82, 2.24) is 14.8 Å². The van der Waals surface area contributed by atoms with Gasteiger partial charge in [-0.25, -0.2) is 4.98 Å². The van der Waals surface area contributed by atoms with Crippen LogP contribution in [0.25, 0.3) is 0 Å². The number of hydrogen-bond acceptors (Lipinski definition) is 5. The van der Waals surface area contributed by atoms with E-state index >= 15 is 0 Å². The molecule has 0 unspecified atom stereocenters. The summed E-state index contributed by atoms with van der Waals surface area (Å²) in [6, 6.07) is 3.02. The molecule has 0 aliphatic heterocycles. The smallest absolute Gasteiger partial charge is 0.250 e. The molecule has 0 aliphatic rings. The first kappa shape index (κ1) is 13.2. The summed E-state index contributed by atoms with van der Waals surface area (Å²) >= 11 is 6.05. The van der Waals surface area contributed by atoms with Crippen LogP contribution in [-0.2, 0) is 13.6 Å². The van der Waals surface area contributed by atoms with E-state index in [4.69, 9.17) is 23.1 Å². The highest BCUT2D eigenvalue weighted by molar-refractivity contribution is 6.34. The zero-order valence-electron chi connectivity index (χ0n) is 10.2. The molecule has 0 saturated carbocycles. The Balaban J connectivity index is 2.26. The van der Waals surface area contributed by atoms with Crippen molar-refractivity contribution < 1.29 is 4.79 Å². The Hall–Kier alpha value is -2.28. The normalized spacial score (nSPS) is 10.4. The van der Waals surface area contributed by atoms with E-state index in [1.807, 2.05) is 0 Å². The average Bonchev–Trinajstić information content (AvgIpc) is 2.73. The van der Waals surface area contributed by atoms with Gasteiger partial charge in [-0.2, -0.15) is 5.10 Å². The van der Waals surface area contributed by atoms with E-state index in [2.05, 4.69) is 15.4 Å². The maximum atomic E-state index is 11.4. The van der Waals surface area contributed by atoms with Gasteiger partial charge < -0.3 is 16.8 Å². The number of aromatic nitrogens is 3. The zero-order valence-corrected chi connectivity index (χ0v) is 11.0. The molecule has 0 aliphatic carbocycles. The maximum Gasteiger partial charge on any atom is 0.250 e. The molecule has 100 valence electrons. The minimum Gasteiger partial charge on any atom is -0.399 e. The van der Waals surface area contributed by atoms with E-state index in [1.165, 1.54) is 6.07 Å². The number of primary amides is 1. The average molecular weight is 281 g/mol. The lowest BCUT2D eigenvalue weighted by atomic mass is 10.1. The van der Waals surface area contributed by atoms with E-state index in [1.54, 1.807) is 24.1 Å². The van der Waals surface area contributed by atoms with Crippen molar-refractivity contribution in [1.29, 1.82) is 0 Å². The van der Waals surface area contributed by atoms with Crippen molar-refractivity contribution in [3.05, 3.63) is 34.9 Å². The van der Waals surface area contributed by atoms with Crippen LogP contribution in [0.15, 0.2) is 18.5 Å². The lowest BCUT2D eigenvalue weighted by Crippen LogP contribution is -2.15. The van der Waals surface area contributed by atoms with Gasteiger partial charge in [0, 0.05) is 12.7 Å². The Morgan fingerprint density at radius 3 is 2.84 bits per heavy atom. The van der Waals surface area contributed by atoms with Gasteiger partial charge in [0.05, 0.1) is 22.8 Å². The lowest BCUT2D eigenvalue weighted by molar-refractivity contribution is 0.100. The Kier molecular flexibility index (Phi) is 3.57. The quantitative estimate of drug-likeness (QED) is 0.716. The molecular weight excluding hydrogens is 268 g/mol. The van der Waals surface area contributed by atoms with Gasteiger partial charge in [-0.3, -0.25) is 9.48 Å². The van der Waals surface area contributed by atoms with Crippen LogP contribution in [0.5, 0.6) is 0 Å². The molecule has 1 amide bonds. The van der Waals surface area contributed by atoms with Crippen LogP contribution in [-0.4, -0.2) is 20.7 Å². The zero-order chi connectivity index (χ0) is 14.0. The number of carbonyl (C=O) groups is 1. The molecule has 5 N–H and O–H groups in total. The number of carbonyl (C=O) groups excluding carboxylic acids is 1. The van der Waals surface area contributed by atoms with E-state index in [-0.39, 0.29) is 5.56 Å². The van der Waals surface area contributed by atoms with E-state index in [9.17, 15) is 4.79 Å². The highest BCUT2D eigenvalue weighted by atomic mass is 35.5. The van der Waals surface area contributed by atoms with Crippen LogP contribution in [0.1, 0.15) is 16.2 Å². The topological polar surface area (TPSA) is 112 Å². The third-order valence-corrected chi connectivity index (χ3v) is 2.75. The molecule has 2 aromatic rings. The van der Waals surface area contributed by atoms with Gasteiger partial charge in [-0.05, 0) is 12.1 Å². The number of amides is 1. The van der Waals surface area contributed by atoms with E-state index < -0.39 is 5.91 Å². The molecule has 0 spiro atoms. The van der Waals surface area contributed by atoms with Crippen molar-refractivity contribution in [3.63, 3.8) is 0 Å². The highest BCUT2D eigenvalue weighted by Crippen LogP contribution is 2.29. The second kappa shape index (κ2) is 5.15. The van der Waals surface area contributed by atoms with Crippen molar-refractivity contribution in [2.75, 3.05) is 11.1 Å². The molecule has 0 saturated heterocycles. The van der Waals surface area contributed by atoms with Crippen molar-refractivity contribution in [3.8, 4) is 0 Å². The predicted octanol–water partition coefficient (Wildman–Crippen LogP) is 0.762. The first-order valence-corrected chi connectivity index (χ1v) is 5.82. The molecule has 8 heteroatoms. The number of aryl methyl sites for hydroxylation is 1. The van der Waals surface area contributed by atoms with Gasteiger partial charge in [0.2, 0.25) is 0 Å². The standard InChI is InChI=1S/C11H13ClN6O/c1-18-5-16-9(17-18)4-15-10-7(11(14)19)2-6(13)3-8(10)12/h2-3,5,15H,4,13H2,1H3,(H2,14,19). The van der Waals surface area contributed by atoms with Gasteiger partial charge in [0.25, 0.3) is 5.91 Å². The molecule has 1 aromatic heterocycles. The van der Waals surface area contributed by atoms with Crippen LogP contribution in [0.2, 0.25) is 5.02 Å². The van der Waals surface area contributed by atoms with Gasteiger partial charge in [-0.1, -0.05) is 11.6 Å². The fourth-order valence-electron chi connectivity index (χ4n) is 1.63. The summed E-state index contributed by atoms with van der Waals surface area (Å²) in [7, 11) is 1.77. The fourth-order valence-corrected chi connectivity index (χ4v) is 1.93. The fraction of sp³-hybridized carbons (Fsp3) is 0.182. The van der Waals surface area contributed by atoms with Crippen LogP contribution in [0.4, 0.5) is 11.4 Å². The Labute approximate surface area is 114 Å². The largest absolute Gasteiger partial charge is 0.399 e. The molecular formula is C11H13ClN6O. The predicted molar refractivity (Wildman–Crippen MR) is 72.7 cm³/mol. The van der Waals surface area contributed by atoms with Gasteiger partial charge in [0.15, 0.2) is 5.82 Å². The number of hydrogen-bond donors (Lipinski definition) is 3. The summed E-state index contributed by atoms with van der Waals surface area (Å²) in [6.07, 6.45) is 1.58. The number of nitrogens with zero attached hydrogens (tertiary/aromatic N) is 3. The third-order valence-electron chi connectivity index (χ3n) is 2.45. The molecule has 2 rings (SSSR count). The molecule has 1 aromatic carbocycles.